The number of urea groups is 1. The Morgan fingerprint density at radius 2 is 2.35 bits per heavy atom. The highest BCUT2D eigenvalue weighted by Crippen LogP contribution is 2.36. The van der Waals surface area contributed by atoms with Gasteiger partial charge in [-0.25, -0.2) is 4.79 Å². The third-order valence-corrected chi connectivity index (χ3v) is 5.24. The molecule has 1 saturated heterocycles. The van der Waals surface area contributed by atoms with Crippen LogP contribution < -0.4 is 10.6 Å². The van der Waals surface area contributed by atoms with Crippen molar-refractivity contribution in [2.75, 3.05) is 24.3 Å². The molecular weight excluding hydrogens is 252 g/mol. The molecule has 0 bridgehead atoms. The van der Waals surface area contributed by atoms with E-state index in [4.69, 9.17) is 0 Å². The van der Waals surface area contributed by atoms with Crippen LogP contribution in [0.2, 0.25) is 0 Å². The molecule has 100 valence electrons. The Bertz CT molecular complexity index is 243. The lowest BCUT2D eigenvalue weighted by molar-refractivity contribution is 0.236. The number of carbonyl (C=O) groups excluding carboxylic acids is 1. The molecule has 0 radical (unpaired) electrons. The molecule has 0 aliphatic carbocycles. The van der Waals surface area contributed by atoms with E-state index in [1.54, 1.807) is 0 Å². The maximum Gasteiger partial charge on any atom is 0.315 e. The van der Waals surface area contributed by atoms with Crippen molar-refractivity contribution in [3.05, 3.63) is 0 Å². The van der Waals surface area contributed by atoms with Gasteiger partial charge < -0.3 is 10.6 Å². The molecule has 1 aliphatic heterocycles. The highest BCUT2D eigenvalue weighted by Gasteiger charge is 2.29. The van der Waals surface area contributed by atoms with Gasteiger partial charge in [-0.05, 0) is 50.9 Å². The molecule has 2 atom stereocenters. The van der Waals surface area contributed by atoms with Gasteiger partial charge in [0.25, 0.3) is 0 Å². The van der Waals surface area contributed by atoms with Crippen LogP contribution in [-0.4, -0.2) is 41.1 Å². The van der Waals surface area contributed by atoms with Gasteiger partial charge in [-0.3, -0.25) is 0 Å². The largest absolute Gasteiger partial charge is 0.337 e. The van der Waals surface area contributed by atoms with Crippen LogP contribution in [0.5, 0.6) is 0 Å². The summed E-state index contributed by atoms with van der Waals surface area (Å²) in [6.45, 7) is 5.07. The van der Waals surface area contributed by atoms with Gasteiger partial charge >= 0.3 is 6.03 Å². The van der Waals surface area contributed by atoms with E-state index in [0.29, 0.717) is 0 Å². The van der Waals surface area contributed by atoms with E-state index < -0.39 is 0 Å². The minimum Gasteiger partial charge on any atom is -0.337 e. The van der Waals surface area contributed by atoms with Crippen molar-refractivity contribution in [2.45, 2.75) is 43.9 Å². The summed E-state index contributed by atoms with van der Waals surface area (Å²) in [6, 6.07) is 0.235. The smallest absolute Gasteiger partial charge is 0.315 e. The molecule has 0 spiro atoms. The summed E-state index contributed by atoms with van der Waals surface area (Å²) in [7, 11) is 0. The van der Waals surface area contributed by atoms with Gasteiger partial charge in [0.2, 0.25) is 0 Å². The average Bonchev–Trinajstić information content (AvgIpc) is 2.71. The molecule has 0 unspecified atom stereocenters. The molecule has 0 aromatic rings. The van der Waals surface area contributed by atoms with Crippen LogP contribution in [0.15, 0.2) is 0 Å². The Morgan fingerprint density at radius 1 is 1.59 bits per heavy atom. The third-order valence-electron chi connectivity index (χ3n) is 3.06. The van der Waals surface area contributed by atoms with Crippen molar-refractivity contribution < 1.29 is 4.79 Å². The maximum absolute atomic E-state index is 11.7. The Morgan fingerprint density at radius 3 is 2.94 bits per heavy atom. The summed E-state index contributed by atoms with van der Waals surface area (Å²) in [5.74, 6) is 2.32. The number of hydrogen-bond donors (Lipinski definition) is 2. The molecule has 1 rings (SSSR count). The number of amides is 2. The third kappa shape index (κ3) is 5.91. The zero-order valence-corrected chi connectivity index (χ0v) is 12.7. The molecule has 0 aromatic heterocycles. The fourth-order valence-electron chi connectivity index (χ4n) is 1.89. The predicted molar refractivity (Wildman–Crippen MR) is 79.1 cm³/mol. The Balaban J connectivity index is 2.16. The lowest BCUT2D eigenvalue weighted by Crippen LogP contribution is -2.45. The minimum atomic E-state index is -0.0210. The second kappa shape index (κ2) is 7.41. The summed E-state index contributed by atoms with van der Waals surface area (Å²) in [5, 5.41) is 5.98. The molecule has 1 fully saturated rings. The zero-order valence-electron chi connectivity index (χ0n) is 11.0. The maximum atomic E-state index is 11.7. The van der Waals surface area contributed by atoms with Crippen molar-refractivity contribution in [3.8, 4) is 0 Å². The van der Waals surface area contributed by atoms with Crippen molar-refractivity contribution in [1.29, 1.82) is 0 Å². The standard InChI is InChI=1S/C12H24N2OS2/c1-10(5-8-16-3)14-11(15)13-9-12(2)6-4-7-17-12/h10H,4-9H2,1-3H3,(H2,13,14,15)/t10-,12-/m0/s1. The first-order chi connectivity index (χ1) is 8.06. The van der Waals surface area contributed by atoms with Crippen LogP contribution in [-0.2, 0) is 0 Å². The zero-order chi connectivity index (χ0) is 12.7. The molecular formula is C12H24N2OS2. The Hall–Kier alpha value is -0.0300. The van der Waals surface area contributed by atoms with E-state index in [1.807, 2.05) is 23.5 Å². The van der Waals surface area contributed by atoms with E-state index in [1.165, 1.54) is 18.6 Å². The lowest BCUT2D eigenvalue weighted by Gasteiger charge is -2.23. The number of nitrogens with one attached hydrogen (secondary N) is 2. The quantitative estimate of drug-likeness (QED) is 0.784. The minimum absolute atomic E-state index is 0.0210. The van der Waals surface area contributed by atoms with Gasteiger partial charge in [0.1, 0.15) is 0 Å². The van der Waals surface area contributed by atoms with Gasteiger partial charge in [0, 0.05) is 17.3 Å². The monoisotopic (exact) mass is 276 g/mol. The van der Waals surface area contributed by atoms with E-state index in [2.05, 4.69) is 30.7 Å². The Labute approximate surface area is 113 Å². The SMILES string of the molecule is CSCC[C@H](C)NC(=O)NC[C@]1(C)CCCS1. The van der Waals surface area contributed by atoms with Crippen LogP contribution in [0.25, 0.3) is 0 Å². The van der Waals surface area contributed by atoms with E-state index in [-0.39, 0.29) is 16.8 Å². The summed E-state index contributed by atoms with van der Waals surface area (Å²) < 4.78 is 0.250. The summed E-state index contributed by atoms with van der Waals surface area (Å²) >= 11 is 3.79. The molecule has 1 heterocycles. The highest BCUT2D eigenvalue weighted by molar-refractivity contribution is 8.00. The average molecular weight is 276 g/mol. The van der Waals surface area contributed by atoms with Gasteiger partial charge in [0.15, 0.2) is 0 Å². The lowest BCUT2D eigenvalue weighted by atomic mass is 10.1. The highest BCUT2D eigenvalue weighted by atomic mass is 32.2. The van der Waals surface area contributed by atoms with Gasteiger partial charge in [-0.2, -0.15) is 23.5 Å². The number of rotatable bonds is 6. The number of hydrogen-bond acceptors (Lipinski definition) is 3. The van der Waals surface area contributed by atoms with Crippen molar-refractivity contribution in [2.24, 2.45) is 0 Å². The number of thioether (sulfide) groups is 2. The van der Waals surface area contributed by atoms with E-state index in [0.717, 1.165) is 18.7 Å². The molecule has 5 heteroatoms. The summed E-state index contributed by atoms with van der Waals surface area (Å²) in [4.78, 5) is 11.7. The molecule has 2 amide bonds. The van der Waals surface area contributed by atoms with Gasteiger partial charge in [0.05, 0.1) is 0 Å². The Kier molecular flexibility index (Phi) is 6.55. The normalized spacial score (nSPS) is 25.6. The first-order valence-corrected chi connectivity index (χ1v) is 8.61. The second-order valence-corrected chi connectivity index (χ2v) is 7.58. The van der Waals surface area contributed by atoms with Crippen LogP contribution in [0.4, 0.5) is 4.79 Å². The fraction of sp³-hybridized carbons (Fsp3) is 0.917. The van der Waals surface area contributed by atoms with Crippen LogP contribution in [0.1, 0.15) is 33.1 Å². The first-order valence-electron chi connectivity index (χ1n) is 6.23. The summed E-state index contributed by atoms with van der Waals surface area (Å²) in [6.07, 6.45) is 5.60. The topological polar surface area (TPSA) is 41.1 Å². The van der Waals surface area contributed by atoms with Gasteiger partial charge in [-0.15, -0.1) is 0 Å². The predicted octanol–water partition coefficient (Wildman–Crippen LogP) is 2.71. The molecule has 0 aromatic carbocycles. The molecule has 1 aliphatic rings. The van der Waals surface area contributed by atoms with Crippen LogP contribution >= 0.6 is 23.5 Å². The van der Waals surface area contributed by atoms with E-state index >= 15 is 0 Å². The van der Waals surface area contributed by atoms with Crippen molar-refractivity contribution in [1.82, 2.24) is 10.6 Å². The van der Waals surface area contributed by atoms with Crippen LogP contribution in [0.3, 0.4) is 0 Å². The van der Waals surface area contributed by atoms with Crippen LogP contribution in [0, 0.1) is 0 Å². The first kappa shape index (κ1) is 15.0. The molecule has 3 nitrogen and oxygen atoms in total. The van der Waals surface area contributed by atoms with E-state index in [9.17, 15) is 4.79 Å². The molecule has 2 N–H and O–H groups in total. The fourth-order valence-corrected chi connectivity index (χ4v) is 3.72. The molecule has 17 heavy (non-hydrogen) atoms. The second-order valence-electron chi connectivity index (χ2n) is 4.91. The molecule has 0 saturated carbocycles. The summed E-state index contributed by atoms with van der Waals surface area (Å²) in [5.41, 5.74) is 0. The van der Waals surface area contributed by atoms with Crippen molar-refractivity contribution in [3.63, 3.8) is 0 Å². The van der Waals surface area contributed by atoms with Crippen molar-refractivity contribution >= 4 is 29.6 Å². The number of carbonyl (C=O) groups is 1. The van der Waals surface area contributed by atoms with Gasteiger partial charge in [-0.1, -0.05) is 0 Å².